The number of nitrogens with two attached hydrogens (primary N) is 2. The number of nitrogens with zero attached hydrogens (tertiary/aromatic N) is 5. The molecule has 1 aliphatic heterocycles. The van der Waals surface area contributed by atoms with Gasteiger partial charge in [-0.05, 0) is 65.6 Å². The number of alkyl halides is 9. The SMILES string of the molecule is CCC(c1ccc(C(F)(F)F)cc1CN(Cc1cc(C(F)(F)F)cc(C(F)(F)F)c1)/C(N)=N/N(C)N)N1CCN(C(=O)c2ccccc2)CC1. The minimum Gasteiger partial charge on any atom is -0.368 e. The summed E-state index contributed by atoms with van der Waals surface area (Å²) in [7, 11) is 1.25. The molecule has 0 radical (unpaired) electrons. The highest BCUT2D eigenvalue weighted by molar-refractivity contribution is 5.94. The van der Waals surface area contributed by atoms with Gasteiger partial charge in [-0.1, -0.05) is 31.2 Å². The minimum absolute atomic E-state index is 0.0249. The van der Waals surface area contributed by atoms with Gasteiger partial charge < -0.3 is 15.5 Å². The van der Waals surface area contributed by atoms with E-state index < -0.39 is 65.9 Å². The van der Waals surface area contributed by atoms with Crippen molar-refractivity contribution in [3.63, 3.8) is 0 Å². The number of carbonyl (C=O) groups excluding carboxylic acids is 1. The van der Waals surface area contributed by atoms with Crippen molar-refractivity contribution in [1.29, 1.82) is 0 Å². The Morgan fingerprint density at radius 2 is 1.36 bits per heavy atom. The number of hydrogen-bond acceptors (Lipinski definition) is 5. The Bertz CT molecular complexity index is 1620. The smallest absolute Gasteiger partial charge is 0.368 e. The lowest BCUT2D eigenvalue weighted by Gasteiger charge is -2.40. The summed E-state index contributed by atoms with van der Waals surface area (Å²) in [6, 6.07) is 12.3. The molecule has 272 valence electrons. The van der Waals surface area contributed by atoms with Crippen molar-refractivity contribution in [3.05, 3.63) is 106 Å². The van der Waals surface area contributed by atoms with Gasteiger partial charge in [-0.15, -0.1) is 5.10 Å². The number of guanidine groups is 1. The molecule has 1 fully saturated rings. The van der Waals surface area contributed by atoms with Crippen molar-refractivity contribution in [2.75, 3.05) is 33.2 Å². The molecule has 3 aromatic rings. The number of rotatable bonds is 9. The van der Waals surface area contributed by atoms with E-state index in [0.717, 1.165) is 22.2 Å². The molecule has 1 aliphatic rings. The first-order valence-electron chi connectivity index (χ1n) is 15.4. The number of hydrogen-bond donors (Lipinski definition) is 2. The van der Waals surface area contributed by atoms with Gasteiger partial charge >= 0.3 is 18.5 Å². The van der Waals surface area contributed by atoms with Gasteiger partial charge in [0.2, 0.25) is 5.96 Å². The summed E-state index contributed by atoms with van der Waals surface area (Å²) in [6.45, 7) is 2.09. The highest BCUT2D eigenvalue weighted by Crippen LogP contribution is 2.38. The Kier molecular flexibility index (Phi) is 11.6. The van der Waals surface area contributed by atoms with Crippen LogP contribution in [-0.2, 0) is 31.6 Å². The van der Waals surface area contributed by atoms with Crippen LogP contribution in [0.2, 0.25) is 0 Å². The molecule has 1 heterocycles. The third-order valence-corrected chi connectivity index (χ3v) is 8.25. The van der Waals surface area contributed by atoms with E-state index in [0.29, 0.717) is 55.9 Å². The molecule has 1 amide bonds. The van der Waals surface area contributed by atoms with Gasteiger partial charge in [-0.2, -0.15) is 39.5 Å². The lowest BCUT2D eigenvalue weighted by atomic mass is 9.93. The second kappa shape index (κ2) is 15.2. The van der Waals surface area contributed by atoms with Gasteiger partial charge in [0.15, 0.2) is 0 Å². The second-order valence-electron chi connectivity index (χ2n) is 11.8. The molecular formula is C33H36F9N7O. The fourth-order valence-electron chi connectivity index (χ4n) is 5.90. The van der Waals surface area contributed by atoms with Crippen LogP contribution in [0.25, 0.3) is 0 Å². The molecule has 1 unspecified atom stereocenters. The largest absolute Gasteiger partial charge is 0.416 e. The minimum atomic E-state index is -5.13. The zero-order chi connectivity index (χ0) is 37.0. The molecule has 4 rings (SSSR count). The van der Waals surface area contributed by atoms with E-state index in [1.165, 1.54) is 13.1 Å². The molecule has 0 aliphatic carbocycles. The van der Waals surface area contributed by atoms with Gasteiger partial charge in [0, 0.05) is 57.9 Å². The standard InChI is InChI=1S/C33H36F9N7O/c1-3-28(47-11-13-48(14-12-47)29(50)22-7-5-4-6-8-22)27-10-9-24(31(34,35)36)17-23(27)20-49(30(43)45-46(2)44)19-21-15-25(32(37,38)39)18-26(16-21)33(40,41)42/h4-10,15-18,28H,3,11-14,19-20,44H2,1-2H3,(H2,43,45). The van der Waals surface area contributed by atoms with E-state index in [9.17, 15) is 44.3 Å². The van der Waals surface area contributed by atoms with Gasteiger partial charge in [0.1, 0.15) is 0 Å². The molecule has 0 bridgehead atoms. The van der Waals surface area contributed by atoms with Gasteiger partial charge in [0.05, 0.1) is 16.7 Å². The van der Waals surface area contributed by atoms with Crippen LogP contribution in [0.15, 0.2) is 71.8 Å². The first-order valence-corrected chi connectivity index (χ1v) is 15.4. The van der Waals surface area contributed by atoms with Crippen LogP contribution >= 0.6 is 0 Å². The second-order valence-corrected chi connectivity index (χ2v) is 11.8. The van der Waals surface area contributed by atoms with Gasteiger partial charge in [-0.3, -0.25) is 9.69 Å². The third-order valence-electron chi connectivity index (χ3n) is 8.25. The van der Waals surface area contributed by atoms with Crippen molar-refractivity contribution >= 4 is 11.9 Å². The van der Waals surface area contributed by atoms with Gasteiger partial charge in [0.25, 0.3) is 5.91 Å². The van der Waals surface area contributed by atoms with Crippen LogP contribution in [0.1, 0.15) is 63.1 Å². The van der Waals surface area contributed by atoms with Crippen molar-refractivity contribution in [3.8, 4) is 0 Å². The molecule has 0 spiro atoms. The average Bonchev–Trinajstić information content (AvgIpc) is 3.04. The lowest BCUT2D eigenvalue weighted by Crippen LogP contribution is -2.49. The van der Waals surface area contributed by atoms with Crippen LogP contribution in [0.5, 0.6) is 0 Å². The van der Waals surface area contributed by atoms with E-state index in [1.807, 2.05) is 11.8 Å². The van der Waals surface area contributed by atoms with Crippen molar-refractivity contribution in [2.45, 2.75) is 51.0 Å². The Morgan fingerprint density at radius 1 is 0.800 bits per heavy atom. The topological polar surface area (TPSA) is 94.4 Å². The molecule has 8 nitrogen and oxygen atoms in total. The van der Waals surface area contributed by atoms with Crippen LogP contribution in [-0.4, -0.2) is 64.9 Å². The van der Waals surface area contributed by atoms with Gasteiger partial charge in [-0.25, -0.2) is 11.0 Å². The van der Waals surface area contributed by atoms with Crippen molar-refractivity contribution < 1.29 is 44.3 Å². The Labute approximate surface area is 282 Å². The zero-order valence-corrected chi connectivity index (χ0v) is 27.1. The molecule has 1 saturated heterocycles. The monoisotopic (exact) mass is 717 g/mol. The van der Waals surface area contributed by atoms with Crippen LogP contribution < -0.4 is 11.6 Å². The predicted molar refractivity (Wildman–Crippen MR) is 168 cm³/mol. The Hall–Kier alpha value is -4.51. The molecular weight excluding hydrogens is 681 g/mol. The summed E-state index contributed by atoms with van der Waals surface area (Å²) in [6.07, 6.45) is -14.6. The average molecular weight is 718 g/mol. The van der Waals surface area contributed by atoms with E-state index in [1.54, 1.807) is 35.2 Å². The molecule has 4 N–H and O–H groups in total. The maximum Gasteiger partial charge on any atom is 0.416 e. The third kappa shape index (κ3) is 9.59. The number of hydrazine groups is 1. The molecule has 50 heavy (non-hydrogen) atoms. The Balaban J connectivity index is 1.72. The molecule has 17 heteroatoms. The number of hydrazone groups is 1. The highest BCUT2D eigenvalue weighted by atomic mass is 19.4. The summed E-state index contributed by atoms with van der Waals surface area (Å²) in [5, 5.41) is 4.58. The molecule has 3 aromatic carbocycles. The number of amides is 1. The summed E-state index contributed by atoms with van der Waals surface area (Å²) >= 11 is 0. The van der Waals surface area contributed by atoms with Crippen molar-refractivity contribution in [1.82, 2.24) is 19.8 Å². The number of carbonyl (C=O) groups is 1. The fourth-order valence-corrected chi connectivity index (χ4v) is 5.90. The Morgan fingerprint density at radius 3 is 1.86 bits per heavy atom. The maximum absolute atomic E-state index is 14.0. The first kappa shape index (κ1) is 38.3. The summed E-state index contributed by atoms with van der Waals surface area (Å²) < 4.78 is 124. The predicted octanol–water partition coefficient (Wildman–Crippen LogP) is 6.69. The van der Waals surface area contributed by atoms with Crippen LogP contribution in [0, 0.1) is 0 Å². The van der Waals surface area contributed by atoms with Crippen molar-refractivity contribution in [2.24, 2.45) is 16.7 Å². The van der Waals surface area contributed by atoms with Crippen LogP contribution in [0.3, 0.4) is 0 Å². The fraction of sp³-hybridized carbons (Fsp3) is 0.394. The van der Waals surface area contributed by atoms with E-state index in [-0.39, 0.29) is 17.5 Å². The number of halogens is 9. The summed E-state index contributed by atoms with van der Waals surface area (Å²) in [4.78, 5) is 17.7. The number of benzene rings is 3. The quantitative estimate of drug-likeness (QED) is 0.0843. The maximum atomic E-state index is 14.0. The van der Waals surface area contributed by atoms with Crippen LogP contribution in [0.4, 0.5) is 39.5 Å². The van der Waals surface area contributed by atoms with E-state index in [4.69, 9.17) is 11.6 Å². The normalized spacial score (nSPS) is 15.6. The summed E-state index contributed by atoms with van der Waals surface area (Å²) in [5.74, 6) is 4.96. The zero-order valence-electron chi connectivity index (χ0n) is 27.1. The summed E-state index contributed by atoms with van der Waals surface area (Å²) in [5.41, 5.74) is 2.52. The first-order chi connectivity index (χ1) is 23.3. The van der Waals surface area contributed by atoms with E-state index >= 15 is 0 Å². The number of piperazine rings is 1. The lowest BCUT2D eigenvalue weighted by molar-refractivity contribution is -0.143. The molecule has 0 aromatic heterocycles. The molecule has 1 atom stereocenters. The highest BCUT2D eigenvalue weighted by Gasteiger charge is 2.38. The molecule has 0 saturated carbocycles. The van der Waals surface area contributed by atoms with E-state index in [2.05, 4.69) is 5.10 Å².